The molecule has 9 heteroatoms. The molecular formula is C27H36FN3O5. The monoisotopic (exact) mass is 501 g/mol. The van der Waals surface area contributed by atoms with E-state index in [2.05, 4.69) is 5.32 Å². The normalized spacial score (nSPS) is 16.0. The van der Waals surface area contributed by atoms with Gasteiger partial charge in [-0.3, -0.25) is 9.59 Å². The lowest BCUT2D eigenvalue weighted by Crippen LogP contribution is -2.50. The van der Waals surface area contributed by atoms with Crippen LogP contribution in [-0.2, 0) is 20.7 Å². The standard InChI is InChI=1S/C27H36FN3O5/c1-27(2,3)36-26(34)30-12-6-9-21(17-30)29-25(33)24-18-31(22-10-5-8-20(28)15-22)16-19(24)14-23(32)11-7-13-35-4/h5,8,10,15-16,18,21H,6-7,9,11-14,17H2,1-4H3,(H,29,33)/t21-/m0/s1. The Balaban J connectivity index is 1.76. The fourth-order valence-corrected chi connectivity index (χ4v) is 4.19. The molecule has 1 aliphatic rings. The molecule has 0 bridgehead atoms. The third-order valence-electron chi connectivity index (χ3n) is 5.86. The van der Waals surface area contributed by atoms with Gasteiger partial charge >= 0.3 is 6.09 Å². The second-order valence-corrected chi connectivity index (χ2v) is 10.1. The topological polar surface area (TPSA) is 89.9 Å². The second kappa shape index (κ2) is 12.2. The molecule has 0 unspecified atom stereocenters. The maximum atomic E-state index is 13.8. The van der Waals surface area contributed by atoms with E-state index in [0.717, 1.165) is 12.8 Å². The van der Waals surface area contributed by atoms with Crippen LogP contribution in [0.5, 0.6) is 0 Å². The number of ether oxygens (including phenoxy) is 2. The third kappa shape index (κ3) is 7.91. The Morgan fingerprint density at radius 1 is 1.19 bits per heavy atom. The Labute approximate surface area is 211 Å². The van der Waals surface area contributed by atoms with Crippen molar-refractivity contribution in [2.45, 2.75) is 64.5 Å². The number of nitrogens with one attached hydrogen (secondary N) is 1. The number of methoxy groups -OCH3 is 1. The van der Waals surface area contributed by atoms with Crippen molar-refractivity contribution in [3.63, 3.8) is 0 Å². The van der Waals surface area contributed by atoms with Crippen LogP contribution in [0.25, 0.3) is 5.69 Å². The van der Waals surface area contributed by atoms with Gasteiger partial charge in [0, 0.05) is 63.8 Å². The molecule has 1 aromatic heterocycles. The zero-order valence-corrected chi connectivity index (χ0v) is 21.5. The van der Waals surface area contributed by atoms with E-state index in [0.29, 0.717) is 49.4 Å². The van der Waals surface area contributed by atoms with Crippen LogP contribution in [0.4, 0.5) is 9.18 Å². The van der Waals surface area contributed by atoms with Crippen molar-refractivity contribution in [3.05, 3.63) is 53.6 Å². The molecular weight excluding hydrogens is 465 g/mol. The van der Waals surface area contributed by atoms with Crippen LogP contribution in [0.2, 0.25) is 0 Å². The number of halogens is 1. The van der Waals surface area contributed by atoms with Gasteiger partial charge in [0.2, 0.25) is 0 Å². The predicted octanol–water partition coefficient (Wildman–Crippen LogP) is 4.28. The van der Waals surface area contributed by atoms with E-state index in [4.69, 9.17) is 9.47 Å². The number of aromatic nitrogens is 1. The summed E-state index contributed by atoms with van der Waals surface area (Å²) in [5.74, 6) is -0.735. The Bertz CT molecular complexity index is 1080. The van der Waals surface area contributed by atoms with Gasteiger partial charge in [-0.1, -0.05) is 6.07 Å². The quantitative estimate of drug-likeness (QED) is 0.518. The van der Waals surface area contributed by atoms with Crippen molar-refractivity contribution < 1.29 is 28.2 Å². The van der Waals surface area contributed by atoms with E-state index in [1.807, 2.05) is 20.8 Å². The largest absolute Gasteiger partial charge is 0.444 e. The van der Waals surface area contributed by atoms with E-state index in [9.17, 15) is 18.8 Å². The van der Waals surface area contributed by atoms with Crippen LogP contribution in [0.15, 0.2) is 36.7 Å². The van der Waals surface area contributed by atoms with E-state index in [1.54, 1.807) is 41.1 Å². The molecule has 0 saturated carbocycles. The van der Waals surface area contributed by atoms with Gasteiger partial charge in [0.1, 0.15) is 17.2 Å². The Hall–Kier alpha value is -3.20. The number of hydrogen-bond acceptors (Lipinski definition) is 5. The van der Waals surface area contributed by atoms with Crippen molar-refractivity contribution in [3.8, 4) is 5.69 Å². The Kier molecular flexibility index (Phi) is 9.25. The minimum Gasteiger partial charge on any atom is -0.444 e. The van der Waals surface area contributed by atoms with Gasteiger partial charge in [0.05, 0.1) is 5.56 Å². The highest BCUT2D eigenvalue weighted by Crippen LogP contribution is 2.20. The molecule has 1 saturated heterocycles. The summed E-state index contributed by atoms with van der Waals surface area (Å²) >= 11 is 0. The van der Waals surface area contributed by atoms with Crippen LogP contribution in [0.1, 0.15) is 62.4 Å². The van der Waals surface area contributed by atoms with Crippen LogP contribution >= 0.6 is 0 Å². The molecule has 1 aliphatic heterocycles. The first-order chi connectivity index (χ1) is 17.1. The van der Waals surface area contributed by atoms with Gasteiger partial charge in [-0.15, -0.1) is 0 Å². The van der Waals surface area contributed by atoms with Crippen LogP contribution in [-0.4, -0.2) is 65.7 Å². The smallest absolute Gasteiger partial charge is 0.410 e. The fraction of sp³-hybridized carbons (Fsp3) is 0.519. The molecule has 1 N–H and O–H groups in total. The molecule has 2 aromatic rings. The zero-order chi connectivity index (χ0) is 26.3. The molecule has 2 heterocycles. The number of carbonyl (C=O) groups excluding carboxylic acids is 3. The molecule has 3 rings (SSSR count). The van der Waals surface area contributed by atoms with Crippen molar-refractivity contribution >= 4 is 17.8 Å². The van der Waals surface area contributed by atoms with Gasteiger partial charge in [0.25, 0.3) is 5.91 Å². The molecule has 0 radical (unpaired) electrons. The third-order valence-corrected chi connectivity index (χ3v) is 5.86. The number of rotatable bonds is 9. The summed E-state index contributed by atoms with van der Waals surface area (Å²) in [6, 6.07) is 5.79. The molecule has 0 spiro atoms. The predicted molar refractivity (Wildman–Crippen MR) is 134 cm³/mol. The first-order valence-electron chi connectivity index (χ1n) is 12.3. The molecule has 1 fully saturated rings. The summed E-state index contributed by atoms with van der Waals surface area (Å²) in [4.78, 5) is 40.0. The van der Waals surface area contributed by atoms with Crippen molar-refractivity contribution in [1.82, 2.24) is 14.8 Å². The molecule has 1 atom stereocenters. The number of carbonyl (C=O) groups is 3. The summed E-state index contributed by atoms with van der Waals surface area (Å²) in [7, 11) is 1.58. The van der Waals surface area contributed by atoms with E-state index >= 15 is 0 Å². The van der Waals surface area contributed by atoms with Crippen molar-refractivity contribution in [1.29, 1.82) is 0 Å². The van der Waals surface area contributed by atoms with Gasteiger partial charge < -0.3 is 24.3 Å². The van der Waals surface area contributed by atoms with E-state index < -0.39 is 17.5 Å². The van der Waals surface area contributed by atoms with Gasteiger partial charge in [-0.05, 0) is 63.8 Å². The van der Waals surface area contributed by atoms with E-state index in [-0.39, 0.29) is 24.2 Å². The summed E-state index contributed by atoms with van der Waals surface area (Å²) in [6.07, 6.45) is 5.41. The number of amides is 2. The minimum atomic E-state index is -0.599. The number of hydrogen-bond donors (Lipinski definition) is 1. The SMILES string of the molecule is COCCCC(=O)Cc1cn(-c2cccc(F)c2)cc1C(=O)N[C@H]1CCCN(C(=O)OC(C)(C)C)C1. The highest BCUT2D eigenvalue weighted by molar-refractivity contribution is 5.97. The average Bonchev–Trinajstić information content (AvgIpc) is 3.22. The Morgan fingerprint density at radius 2 is 1.97 bits per heavy atom. The van der Waals surface area contributed by atoms with Gasteiger partial charge in [-0.2, -0.15) is 0 Å². The first kappa shape index (κ1) is 27.4. The zero-order valence-electron chi connectivity index (χ0n) is 21.5. The maximum absolute atomic E-state index is 13.8. The maximum Gasteiger partial charge on any atom is 0.410 e. The Morgan fingerprint density at radius 3 is 2.67 bits per heavy atom. The molecule has 2 amide bonds. The summed E-state index contributed by atoms with van der Waals surface area (Å²) < 4.78 is 26.0. The lowest BCUT2D eigenvalue weighted by atomic mass is 10.0. The number of Topliss-reactive ketones (excluding diaryl/α,β-unsaturated/α-hetero) is 1. The number of likely N-dealkylation sites (tertiary alicyclic amines) is 1. The van der Waals surface area contributed by atoms with Gasteiger partial charge in [-0.25, -0.2) is 9.18 Å². The number of ketones is 1. The van der Waals surface area contributed by atoms with E-state index in [1.165, 1.54) is 12.1 Å². The van der Waals surface area contributed by atoms with Crippen LogP contribution in [0.3, 0.4) is 0 Å². The minimum absolute atomic E-state index is 0.00754. The summed E-state index contributed by atoms with van der Waals surface area (Å²) in [5, 5.41) is 3.02. The van der Waals surface area contributed by atoms with Crippen LogP contribution < -0.4 is 5.32 Å². The summed E-state index contributed by atoms with van der Waals surface area (Å²) in [5.41, 5.74) is 0.876. The molecule has 196 valence electrons. The molecule has 1 aromatic carbocycles. The van der Waals surface area contributed by atoms with Crippen molar-refractivity contribution in [2.75, 3.05) is 26.8 Å². The summed E-state index contributed by atoms with van der Waals surface area (Å²) in [6.45, 7) is 6.84. The van der Waals surface area contributed by atoms with Crippen LogP contribution in [0, 0.1) is 5.82 Å². The highest BCUT2D eigenvalue weighted by Gasteiger charge is 2.29. The fourth-order valence-electron chi connectivity index (χ4n) is 4.19. The average molecular weight is 502 g/mol. The number of nitrogens with zero attached hydrogens (tertiary/aromatic N) is 2. The van der Waals surface area contributed by atoms with Crippen molar-refractivity contribution in [2.24, 2.45) is 0 Å². The second-order valence-electron chi connectivity index (χ2n) is 10.1. The highest BCUT2D eigenvalue weighted by atomic mass is 19.1. The lowest BCUT2D eigenvalue weighted by molar-refractivity contribution is -0.118. The number of benzene rings is 1. The molecule has 0 aliphatic carbocycles. The molecule has 36 heavy (non-hydrogen) atoms. The van der Waals surface area contributed by atoms with Gasteiger partial charge in [0.15, 0.2) is 0 Å². The number of piperidine rings is 1. The first-order valence-corrected chi connectivity index (χ1v) is 12.3. The molecule has 8 nitrogen and oxygen atoms in total. The lowest BCUT2D eigenvalue weighted by Gasteiger charge is -2.34.